The Labute approximate surface area is 439 Å². The molecule has 3 aliphatic rings. The average Bonchev–Trinajstić information content (AvgIpc) is 3.81. The van der Waals surface area contributed by atoms with Crippen LogP contribution in [0.15, 0.2) is 176 Å². The molecule has 0 radical (unpaired) electrons. The van der Waals surface area contributed by atoms with Gasteiger partial charge >= 0.3 is 23.9 Å². The lowest BCUT2D eigenvalue weighted by Gasteiger charge is -2.49. The van der Waals surface area contributed by atoms with Crippen LogP contribution in [0.2, 0.25) is 0 Å². The number of carboxylic acids is 2. The highest BCUT2D eigenvalue weighted by Crippen LogP contribution is 2.63. The smallest absolute Gasteiger partial charge is 0.315 e. The minimum atomic E-state index is -1.08. The molecule has 0 aromatic heterocycles. The molecule has 0 heterocycles. The highest BCUT2D eigenvalue weighted by Gasteiger charge is 2.62. The summed E-state index contributed by atoms with van der Waals surface area (Å²) in [5, 5.41) is 23.2. The summed E-state index contributed by atoms with van der Waals surface area (Å²) in [7, 11) is 6.07. The van der Waals surface area contributed by atoms with Crippen LogP contribution < -0.4 is 23.7 Å². The van der Waals surface area contributed by atoms with Gasteiger partial charge in [-0.2, -0.15) is 0 Å². The topological polar surface area (TPSA) is 164 Å². The van der Waals surface area contributed by atoms with E-state index in [0.29, 0.717) is 50.6 Å². The molecular weight excluding hydrogens is 961 g/mol. The summed E-state index contributed by atoms with van der Waals surface area (Å²) in [4.78, 5) is 56.5. The Morgan fingerprint density at radius 3 is 1.30 bits per heavy atom. The molecule has 8 atom stereocenters. The van der Waals surface area contributed by atoms with E-state index in [1.165, 1.54) is 28.4 Å². The first-order chi connectivity index (χ1) is 37.1. The average molecular weight is 1020 g/mol. The predicted octanol–water partition coefficient (Wildman–Crippen LogP) is 11.9. The molecule has 11 rings (SSSR count). The molecule has 0 bridgehead atoms. The number of carbonyl (C=O) groups excluding carboxylic acids is 2. The van der Waals surface area contributed by atoms with Crippen LogP contribution in [0.25, 0.3) is 33.0 Å². The number of aliphatic carboxylic acids is 2. The Morgan fingerprint density at radius 2 is 0.803 bits per heavy atom. The van der Waals surface area contributed by atoms with Gasteiger partial charge in [-0.15, -0.1) is 0 Å². The van der Waals surface area contributed by atoms with E-state index in [4.69, 9.17) is 28.4 Å². The molecule has 3 aliphatic carbocycles. The standard InChI is InChI=1S/C64H54O12/c1-71-48-24-12-9-21-43(48)53-58(62(67)68)56(59(53)63(69)75-34-47-41-19-7-5-17-39(41)40-18-6-8-20-42(40)47)46-33-36(29-31-51(46)74-4)35-28-30-38-37(32-35)16-15-27-52(38)76-64(70)60-54(44-22-10-13-25-49(44)72-2)57(61(65)66)55(60)45-23-11-14-26-50(45)73-3/h5-33,47,53-60H,34H2,1-4H3,(H,65,66)(H,67,68)/t53-,54-,55?,56?,57+,58+,59+,60?/m0/s1. The van der Waals surface area contributed by atoms with Crippen LogP contribution in [0.4, 0.5) is 0 Å². The maximum absolute atomic E-state index is 14.9. The molecule has 382 valence electrons. The zero-order valence-corrected chi connectivity index (χ0v) is 42.1. The summed E-state index contributed by atoms with van der Waals surface area (Å²) in [5.41, 5.74) is 8.09. The Hall–Kier alpha value is -8.90. The van der Waals surface area contributed by atoms with Crippen LogP contribution in [-0.4, -0.2) is 69.1 Å². The van der Waals surface area contributed by atoms with Crippen molar-refractivity contribution in [2.45, 2.75) is 29.6 Å². The number of rotatable bonds is 16. The highest BCUT2D eigenvalue weighted by atomic mass is 16.5. The van der Waals surface area contributed by atoms with Crippen molar-refractivity contribution in [3.8, 4) is 51.0 Å². The van der Waals surface area contributed by atoms with Gasteiger partial charge in [-0.3, -0.25) is 19.2 Å². The maximum Gasteiger partial charge on any atom is 0.315 e. The number of fused-ring (bicyclic) bond motifs is 4. The minimum absolute atomic E-state index is 0.0618. The SMILES string of the molecule is COc1ccc(-c2ccc3c(OC(=O)C4C(c5ccccc5OC)[C@H](C(=O)O)[C@@H]4c4ccccc4OC)cccc3c2)cc1C1[C@H](C(=O)O)[C@H](c2ccccc2OC)[C@H]1C(=O)OCC1c2ccccc2-c2ccccc21. The Kier molecular flexibility index (Phi) is 13.3. The summed E-state index contributed by atoms with van der Waals surface area (Å²) in [5.74, 6) is -8.52. The van der Waals surface area contributed by atoms with Crippen molar-refractivity contribution in [3.63, 3.8) is 0 Å². The zero-order chi connectivity index (χ0) is 52.8. The van der Waals surface area contributed by atoms with Gasteiger partial charge in [0, 0.05) is 35.0 Å². The van der Waals surface area contributed by atoms with Crippen LogP contribution in [0, 0.1) is 23.7 Å². The largest absolute Gasteiger partial charge is 0.496 e. The Morgan fingerprint density at radius 1 is 0.395 bits per heavy atom. The minimum Gasteiger partial charge on any atom is -0.496 e. The van der Waals surface area contributed by atoms with E-state index in [1.807, 2.05) is 78.9 Å². The second-order valence-electron chi connectivity index (χ2n) is 19.5. The Balaban J connectivity index is 0.931. The number of para-hydroxylation sites is 3. The van der Waals surface area contributed by atoms with E-state index in [1.54, 1.807) is 72.8 Å². The van der Waals surface area contributed by atoms with Gasteiger partial charge in [0.15, 0.2) is 0 Å². The Bertz CT molecular complexity index is 3460. The number of methoxy groups -OCH3 is 4. The van der Waals surface area contributed by atoms with Gasteiger partial charge in [0.1, 0.15) is 35.4 Å². The fourth-order valence-electron chi connectivity index (χ4n) is 12.6. The van der Waals surface area contributed by atoms with Crippen molar-refractivity contribution < 1.29 is 57.8 Å². The summed E-state index contributed by atoms with van der Waals surface area (Å²) < 4.78 is 35.8. The first-order valence-electron chi connectivity index (χ1n) is 25.2. The second kappa shape index (κ2) is 20.4. The summed E-state index contributed by atoms with van der Waals surface area (Å²) in [6.45, 7) is 0.0618. The molecule has 0 aliphatic heterocycles. The summed E-state index contributed by atoms with van der Waals surface area (Å²) in [6.07, 6.45) is 0. The van der Waals surface area contributed by atoms with Crippen molar-refractivity contribution in [2.24, 2.45) is 23.7 Å². The molecule has 2 saturated carbocycles. The first-order valence-corrected chi connectivity index (χ1v) is 25.2. The first kappa shape index (κ1) is 49.3. The number of ether oxygens (including phenoxy) is 6. The van der Waals surface area contributed by atoms with Gasteiger partial charge in [0.05, 0.1) is 52.1 Å². The van der Waals surface area contributed by atoms with Crippen LogP contribution in [0.3, 0.4) is 0 Å². The molecular formula is C64H54O12. The lowest BCUT2D eigenvalue weighted by Crippen LogP contribution is -2.52. The number of benzene rings is 8. The fourth-order valence-corrected chi connectivity index (χ4v) is 12.6. The lowest BCUT2D eigenvalue weighted by molar-refractivity contribution is -0.165. The third-order valence-electron chi connectivity index (χ3n) is 16.0. The van der Waals surface area contributed by atoms with E-state index in [9.17, 15) is 29.4 Å². The van der Waals surface area contributed by atoms with Gasteiger partial charge in [0.25, 0.3) is 0 Å². The predicted molar refractivity (Wildman–Crippen MR) is 285 cm³/mol. The van der Waals surface area contributed by atoms with Crippen LogP contribution >= 0.6 is 0 Å². The van der Waals surface area contributed by atoms with Gasteiger partial charge in [-0.05, 0) is 103 Å². The van der Waals surface area contributed by atoms with Gasteiger partial charge in [-0.25, -0.2) is 0 Å². The molecule has 12 nitrogen and oxygen atoms in total. The summed E-state index contributed by atoms with van der Waals surface area (Å²) >= 11 is 0. The third kappa shape index (κ3) is 8.34. The van der Waals surface area contributed by atoms with E-state index in [0.717, 1.165) is 38.8 Å². The highest BCUT2D eigenvalue weighted by molar-refractivity contribution is 5.95. The fraction of sp³-hybridized carbons (Fsp3) is 0.219. The number of esters is 2. The molecule has 12 heteroatoms. The zero-order valence-electron chi connectivity index (χ0n) is 42.1. The van der Waals surface area contributed by atoms with Gasteiger partial charge in [0.2, 0.25) is 0 Å². The molecule has 76 heavy (non-hydrogen) atoms. The van der Waals surface area contributed by atoms with Crippen molar-refractivity contribution in [2.75, 3.05) is 35.0 Å². The van der Waals surface area contributed by atoms with Gasteiger partial charge < -0.3 is 38.6 Å². The van der Waals surface area contributed by atoms with E-state index in [2.05, 4.69) is 24.3 Å². The maximum atomic E-state index is 14.9. The van der Waals surface area contributed by atoms with Gasteiger partial charge in [-0.1, -0.05) is 133 Å². The second-order valence-corrected chi connectivity index (χ2v) is 19.5. The molecule has 8 aromatic carbocycles. The van der Waals surface area contributed by atoms with Crippen molar-refractivity contribution >= 4 is 34.6 Å². The van der Waals surface area contributed by atoms with E-state index >= 15 is 0 Å². The monoisotopic (exact) mass is 1010 g/mol. The van der Waals surface area contributed by atoms with Crippen molar-refractivity contribution in [3.05, 3.63) is 209 Å². The molecule has 0 spiro atoms. The normalized spacial score (nSPS) is 21.2. The van der Waals surface area contributed by atoms with Crippen molar-refractivity contribution in [1.82, 2.24) is 0 Å². The molecule has 2 N–H and O–H groups in total. The molecule has 2 fully saturated rings. The quantitative estimate of drug-likeness (QED) is 0.0696. The van der Waals surface area contributed by atoms with E-state index < -0.39 is 71.2 Å². The number of hydrogen-bond acceptors (Lipinski definition) is 10. The molecule has 8 aromatic rings. The lowest BCUT2D eigenvalue weighted by atomic mass is 9.52. The van der Waals surface area contributed by atoms with E-state index in [-0.39, 0.29) is 18.3 Å². The molecule has 0 saturated heterocycles. The molecule has 3 unspecified atom stereocenters. The third-order valence-corrected chi connectivity index (χ3v) is 16.0. The van der Waals surface area contributed by atoms with Crippen LogP contribution in [0.5, 0.6) is 28.7 Å². The van der Waals surface area contributed by atoms with Crippen LogP contribution in [0.1, 0.15) is 63.0 Å². The number of carboxylic acid groups (broad SMARTS) is 2. The molecule has 0 amide bonds. The number of carbonyl (C=O) groups is 4. The van der Waals surface area contributed by atoms with Crippen molar-refractivity contribution in [1.29, 1.82) is 0 Å². The summed E-state index contributed by atoms with van der Waals surface area (Å²) in [6, 6.07) is 54.3. The number of hydrogen-bond donors (Lipinski definition) is 2. The van der Waals surface area contributed by atoms with Crippen LogP contribution in [-0.2, 0) is 23.9 Å².